The molecule has 0 saturated carbocycles. The zero-order valence-corrected chi connectivity index (χ0v) is 6.45. The van der Waals surface area contributed by atoms with Gasteiger partial charge in [0.05, 0.1) is 0 Å². The average Bonchev–Trinajstić information content (AvgIpc) is 1.96. The first-order valence-electron chi connectivity index (χ1n) is 2.99. The topological polar surface area (TPSA) is 20.2 Å². The first kappa shape index (κ1) is 9.35. The van der Waals surface area contributed by atoms with Crippen molar-refractivity contribution in [2.24, 2.45) is 0 Å². The van der Waals surface area contributed by atoms with Gasteiger partial charge in [0.15, 0.2) is 17.2 Å². The highest BCUT2D eigenvalue weighted by atomic mass is 35.5. The third kappa shape index (κ3) is 1.70. The third-order valence-corrected chi connectivity index (χ3v) is 1.51. The molecule has 1 rings (SSSR count). The van der Waals surface area contributed by atoms with Crippen molar-refractivity contribution in [3.63, 3.8) is 0 Å². The second-order valence-corrected chi connectivity index (χ2v) is 2.54. The van der Waals surface area contributed by atoms with E-state index in [2.05, 4.69) is 0 Å². The molecule has 0 heterocycles. The van der Waals surface area contributed by atoms with E-state index in [-0.39, 0.29) is 0 Å². The lowest BCUT2D eigenvalue weighted by molar-refractivity contribution is 0.254. The summed E-state index contributed by atoms with van der Waals surface area (Å²) in [5, 5.41) is 8.65. The Labute approximate surface area is 71.4 Å². The summed E-state index contributed by atoms with van der Waals surface area (Å²) in [5.41, 5.74) is -2.34. The van der Waals surface area contributed by atoms with Crippen LogP contribution in [0.5, 0.6) is 0 Å². The molecule has 1 N–H and O–H groups in total. The van der Waals surface area contributed by atoms with Crippen LogP contribution < -0.4 is 0 Å². The molecular weight excluding hydrogens is 193 g/mol. The van der Waals surface area contributed by atoms with Crippen LogP contribution in [0.15, 0.2) is 12.1 Å². The van der Waals surface area contributed by atoms with Gasteiger partial charge < -0.3 is 5.11 Å². The minimum absolute atomic E-state index is 0.373. The Morgan fingerprint density at radius 1 is 1.25 bits per heavy atom. The molecule has 1 unspecified atom stereocenters. The summed E-state index contributed by atoms with van der Waals surface area (Å²) in [4.78, 5) is 0. The third-order valence-electron chi connectivity index (χ3n) is 1.28. The smallest absolute Gasteiger partial charge is 0.166 e. The molecule has 0 saturated heterocycles. The van der Waals surface area contributed by atoms with E-state index in [1.54, 1.807) is 0 Å². The van der Waals surface area contributed by atoms with Crippen LogP contribution in [-0.2, 0) is 0 Å². The van der Waals surface area contributed by atoms with E-state index in [0.717, 1.165) is 0 Å². The van der Waals surface area contributed by atoms with E-state index in [1.165, 1.54) is 0 Å². The summed E-state index contributed by atoms with van der Waals surface area (Å²) < 4.78 is 37.5. The van der Waals surface area contributed by atoms with Crippen LogP contribution in [0.2, 0.25) is 0 Å². The Bertz CT molecular complexity index is 301. The first-order valence-corrected chi connectivity index (χ1v) is 3.42. The van der Waals surface area contributed by atoms with Crippen LogP contribution in [0.1, 0.15) is 11.1 Å². The highest BCUT2D eigenvalue weighted by molar-refractivity contribution is 6.19. The SMILES string of the molecule is OC(Cl)c1cc(F)cc(F)c1F. The first-order chi connectivity index (χ1) is 5.52. The fraction of sp³-hybridized carbons (Fsp3) is 0.143. The van der Waals surface area contributed by atoms with E-state index >= 15 is 0 Å². The number of aliphatic hydroxyl groups is 1. The molecule has 0 aliphatic rings. The van der Waals surface area contributed by atoms with E-state index in [4.69, 9.17) is 16.7 Å². The van der Waals surface area contributed by atoms with Crippen molar-refractivity contribution < 1.29 is 18.3 Å². The molecule has 0 aliphatic heterocycles. The second-order valence-electron chi connectivity index (χ2n) is 2.13. The summed E-state index contributed by atoms with van der Waals surface area (Å²) in [6.45, 7) is 0. The molecule has 0 radical (unpaired) electrons. The van der Waals surface area contributed by atoms with Gasteiger partial charge in [-0.15, -0.1) is 0 Å². The van der Waals surface area contributed by atoms with Crippen molar-refractivity contribution in [1.82, 2.24) is 0 Å². The fourth-order valence-corrected chi connectivity index (χ4v) is 0.908. The van der Waals surface area contributed by atoms with Crippen LogP contribution in [0, 0.1) is 17.5 Å². The van der Waals surface area contributed by atoms with Gasteiger partial charge in [-0.3, -0.25) is 0 Å². The lowest BCUT2D eigenvalue weighted by Crippen LogP contribution is -1.98. The van der Waals surface area contributed by atoms with Gasteiger partial charge in [0.2, 0.25) is 0 Å². The molecule has 5 heteroatoms. The maximum Gasteiger partial charge on any atom is 0.166 e. The van der Waals surface area contributed by atoms with Crippen molar-refractivity contribution in [2.45, 2.75) is 5.56 Å². The molecule has 12 heavy (non-hydrogen) atoms. The van der Waals surface area contributed by atoms with E-state index < -0.39 is 28.6 Å². The molecular formula is C7H4ClF3O. The summed E-state index contributed by atoms with van der Waals surface area (Å²) in [6.07, 6.45) is 0. The second kappa shape index (κ2) is 3.33. The molecule has 0 amide bonds. The monoisotopic (exact) mass is 196 g/mol. The van der Waals surface area contributed by atoms with Gasteiger partial charge >= 0.3 is 0 Å². The Morgan fingerprint density at radius 2 is 1.83 bits per heavy atom. The zero-order chi connectivity index (χ0) is 9.30. The van der Waals surface area contributed by atoms with Crippen molar-refractivity contribution in [3.05, 3.63) is 35.1 Å². The number of hydrogen-bond donors (Lipinski definition) is 1. The number of rotatable bonds is 1. The maximum absolute atomic E-state index is 12.6. The van der Waals surface area contributed by atoms with Crippen molar-refractivity contribution >= 4 is 11.6 Å². The molecule has 0 bridgehead atoms. The zero-order valence-electron chi connectivity index (χ0n) is 5.69. The van der Waals surface area contributed by atoms with Crippen LogP contribution in [0.25, 0.3) is 0 Å². The standard InChI is InChI=1S/C7H4ClF3O/c8-7(12)4-1-3(9)2-5(10)6(4)11/h1-2,7,12H. The Kier molecular flexibility index (Phi) is 2.59. The lowest BCUT2D eigenvalue weighted by Gasteiger charge is -2.04. The number of benzene rings is 1. The summed E-state index contributed by atoms with van der Waals surface area (Å²) in [6, 6.07) is 1.01. The van der Waals surface area contributed by atoms with Gasteiger partial charge in [0.1, 0.15) is 5.82 Å². The molecule has 1 nitrogen and oxygen atoms in total. The molecule has 0 fully saturated rings. The molecule has 0 aliphatic carbocycles. The van der Waals surface area contributed by atoms with Gasteiger partial charge in [-0.05, 0) is 6.07 Å². The lowest BCUT2D eigenvalue weighted by atomic mass is 10.2. The van der Waals surface area contributed by atoms with E-state index in [0.29, 0.717) is 12.1 Å². The van der Waals surface area contributed by atoms with E-state index in [9.17, 15) is 13.2 Å². The Morgan fingerprint density at radius 3 is 2.33 bits per heavy atom. The Balaban J connectivity index is 3.28. The molecule has 1 atom stereocenters. The van der Waals surface area contributed by atoms with Crippen LogP contribution in [-0.4, -0.2) is 5.11 Å². The molecule has 0 aromatic heterocycles. The van der Waals surface area contributed by atoms with Crippen LogP contribution in [0.4, 0.5) is 13.2 Å². The maximum atomic E-state index is 12.6. The highest BCUT2D eigenvalue weighted by Crippen LogP contribution is 2.23. The number of halogens is 4. The molecule has 1 aromatic carbocycles. The van der Waals surface area contributed by atoms with Gasteiger partial charge in [-0.25, -0.2) is 13.2 Å². The quantitative estimate of drug-likeness (QED) is 0.540. The molecule has 1 aromatic rings. The van der Waals surface area contributed by atoms with Gasteiger partial charge in [-0.1, -0.05) is 11.6 Å². The average molecular weight is 197 g/mol. The van der Waals surface area contributed by atoms with Gasteiger partial charge in [0.25, 0.3) is 0 Å². The highest BCUT2D eigenvalue weighted by Gasteiger charge is 2.15. The number of aliphatic hydroxyl groups excluding tert-OH is 1. The predicted molar refractivity (Wildman–Crippen MR) is 37.1 cm³/mol. The summed E-state index contributed by atoms with van der Waals surface area (Å²) in [7, 11) is 0. The number of hydrogen-bond acceptors (Lipinski definition) is 1. The fourth-order valence-electron chi connectivity index (χ4n) is 0.749. The minimum Gasteiger partial charge on any atom is -0.373 e. The Hall–Kier alpha value is -0.740. The normalized spacial score (nSPS) is 13.1. The molecule has 0 spiro atoms. The molecule has 66 valence electrons. The summed E-state index contributed by atoms with van der Waals surface area (Å²) in [5.74, 6) is -3.69. The summed E-state index contributed by atoms with van der Waals surface area (Å²) >= 11 is 5.03. The predicted octanol–water partition coefficient (Wildman–Crippen LogP) is 2.33. The van der Waals surface area contributed by atoms with Crippen molar-refractivity contribution in [3.8, 4) is 0 Å². The van der Waals surface area contributed by atoms with Crippen molar-refractivity contribution in [1.29, 1.82) is 0 Å². The van der Waals surface area contributed by atoms with Gasteiger partial charge in [0, 0.05) is 11.6 Å². The largest absolute Gasteiger partial charge is 0.373 e. The number of alkyl halides is 1. The van der Waals surface area contributed by atoms with Gasteiger partial charge in [-0.2, -0.15) is 0 Å². The van der Waals surface area contributed by atoms with E-state index in [1.807, 2.05) is 0 Å². The van der Waals surface area contributed by atoms with Crippen LogP contribution >= 0.6 is 11.6 Å². The van der Waals surface area contributed by atoms with Crippen molar-refractivity contribution in [2.75, 3.05) is 0 Å². The minimum atomic E-state index is -1.74. The van der Waals surface area contributed by atoms with Crippen LogP contribution in [0.3, 0.4) is 0 Å².